The fourth-order valence-corrected chi connectivity index (χ4v) is 3.98. The Bertz CT molecular complexity index is 1270. The van der Waals surface area contributed by atoms with Crippen LogP contribution in [0.15, 0.2) is 59.6 Å². The van der Waals surface area contributed by atoms with Crippen molar-refractivity contribution in [3.05, 3.63) is 71.4 Å². The van der Waals surface area contributed by atoms with Crippen molar-refractivity contribution in [2.75, 3.05) is 4.72 Å². The molecule has 0 aliphatic heterocycles. The first kappa shape index (κ1) is 21.6. The van der Waals surface area contributed by atoms with Crippen LogP contribution in [-0.4, -0.2) is 35.5 Å². The number of aromatic carboxylic acids is 1. The summed E-state index contributed by atoms with van der Waals surface area (Å²) in [7, 11) is -4.16. The van der Waals surface area contributed by atoms with Gasteiger partial charge in [0.15, 0.2) is 0 Å². The molecule has 1 aromatic heterocycles. The van der Waals surface area contributed by atoms with E-state index in [4.69, 9.17) is 15.6 Å². The van der Waals surface area contributed by atoms with Gasteiger partial charge < -0.3 is 20.7 Å². The van der Waals surface area contributed by atoms with Gasteiger partial charge in [-0.05, 0) is 48.9 Å². The molecule has 31 heavy (non-hydrogen) atoms. The van der Waals surface area contributed by atoms with Crippen molar-refractivity contribution in [1.82, 2.24) is 4.98 Å². The molecule has 11 heteroatoms. The highest BCUT2D eigenvalue weighted by Gasteiger charge is 2.22. The number of carbonyl (C=O) groups is 2. The molecule has 160 valence electrons. The molecule has 1 heterocycles. The number of carbonyl (C=O) groups excluding carboxylic acids is 1. The van der Waals surface area contributed by atoms with Crippen molar-refractivity contribution in [1.29, 1.82) is 0 Å². The van der Waals surface area contributed by atoms with Crippen LogP contribution in [0.4, 0.5) is 5.69 Å². The van der Waals surface area contributed by atoms with Gasteiger partial charge in [-0.25, -0.2) is 18.2 Å². The van der Waals surface area contributed by atoms with Crippen LogP contribution in [0.1, 0.15) is 26.3 Å². The normalized spacial score (nSPS) is 11.0. The largest absolute Gasteiger partial charge is 0.507 e. The number of amides is 1. The van der Waals surface area contributed by atoms with Gasteiger partial charge in [0.25, 0.3) is 10.0 Å². The number of hydrogen-bond acceptors (Lipinski definition) is 7. The van der Waals surface area contributed by atoms with Crippen molar-refractivity contribution < 1.29 is 33.0 Å². The third-order valence-electron chi connectivity index (χ3n) is 4.14. The summed E-state index contributed by atoms with van der Waals surface area (Å²) in [6.07, 6.45) is 1.21. The van der Waals surface area contributed by atoms with Crippen LogP contribution in [0.2, 0.25) is 0 Å². The summed E-state index contributed by atoms with van der Waals surface area (Å²) in [5.74, 6) is -2.15. The number of carboxylic acid groups (broad SMARTS) is 1. The lowest BCUT2D eigenvalue weighted by Crippen LogP contribution is -2.15. The highest BCUT2D eigenvalue weighted by molar-refractivity contribution is 7.92. The van der Waals surface area contributed by atoms with Crippen molar-refractivity contribution in [3.8, 4) is 17.4 Å². The average Bonchev–Trinajstić information content (AvgIpc) is 2.69. The minimum Gasteiger partial charge on any atom is -0.507 e. The van der Waals surface area contributed by atoms with Crippen molar-refractivity contribution in [2.45, 2.75) is 11.8 Å². The molecule has 0 saturated carbocycles. The van der Waals surface area contributed by atoms with E-state index in [2.05, 4.69) is 9.71 Å². The number of rotatable bonds is 7. The van der Waals surface area contributed by atoms with Crippen molar-refractivity contribution in [3.63, 3.8) is 0 Å². The average molecular weight is 443 g/mol. The van der Waals surface area contributed by atoms with E-state index in [1.54, 1.807) is 12.1 Å². The zero-order valence-electron chi connectivity index (χ0n) is 16.1. The number of aromatic hydroxyl groups is 1. The number of primary amides is 1. The van der Waals surface area contributed by atoms with E-state index in [0.29, 0.717) is 5.75 Å². The van der Waals surface area contributed by atoms with Crippen LogP contribution in [0.3, 0.4) is 0 Å². The summed E-state index contributed by atoms with van der Waals surface area (Å²) < 4.78 is 33.2. The Kier molecular flexibility index (Phi) is 5.79. The smallest absolute Gasteiger partial charge is 0.339 e. The Balaban J connectivity index is 1.81. The lowest BCUT2D eigenvalue weighted by atomic mass is 10.1. The second kappa shape index (κ2) is 8.32. The zero-order chi connectivity index (χ0) is 22.8. The molecule has 3 rings (SSSR count). The van der Waals surface area contributed by atoms with E-state index >= 15 is 0 Å². The minimum absolute atomic E-state index is 0.0996. The first-order chi connectivity index (χ1) is 14.6. The zero-order valence-corrected chi connectivity index (χ0v) is 16.9. The molecule has 1 amide bonds. The number of nitrogens with one attached hydrogen (secondary N) is 1. The second-order valence-corrected chi connectivity index (χ2v) is 8.08. The number of aryl methyl sites for hydroxylation is 1. The number of carboxylic acids is 1. The van der Waals surface area contributed by atoms with Gasteiger partial charge in [0.05, 0.1) is 16.8 Å². The summed E-state index contributed by atoms with van der Waals surface area (Å²) in [4.78, 5) is 26.1. The summed E-state index contributed by atoms with van der Waals surface area (Å²) in [6, 6.07) is 10.9. The van der Waals surface area contributed by atoms with Crippen LogP contribution < -0.4 is 15.2 Å². The maximum Gasteiger partial charge on any atom is 0.339 e. The second-order valence-electron chi connectivity index (χ2n) is 6.42. The fourth-order valence-electron chi connectivity index (χ4n) is 2.68. The molecule has 0 spiro atoms. The number of sulfonamides is 1. The molecule has 0 aliphatic rings. The van der Waals surface area contributed by atoms with Crippen LogP contribution in [0, 0.1) is 6.92 Å². The summed E-state index contributed by atoms with van der Waals surface area (Å²) in [5.41, 5.74) is 5.21. The van der Waals surface area contributed by atoms with Crippen LogP contribution in [0.5, 0.6) is 17.4 Å². The molecule has 3 aromatic rings. The molecule has 0 atom stereocenters. The Hall–Kier alpha value is -4.12. The number of anilines is 1. The van der Waals surface area contributed by atoms with Gasteiger partial charge in [-0.3, -0.25) is 9.52 Å². The number of nitrogens with zero attached hydrogens (tertiary/aromatic N) is 1. The molecule has 0 unspecified atom stereocenters. The lowest BCUT2D eigenvalue weighted by molar-refractivity contribution is 0.0693. The van der Waals surface area contributed by atoms with Crippen LogP contribution >= 0.6 is 0 Å². The van der Waals surface area contributed by atoms with E-state index in [0.717, 1.165) is 12.1 Å². The highest BCUT2D eigenvalue weighted by Crippen LogP contribution is 2.27. The monoisotopic (exact) mass is 443 g/mol. The Morgan fingerprint density at radius 2 is 1.87 bits per heavy atom. The number of ether oxygens (including phenoxy) is 1. The Morgan fingerprint density at radius 3 is 2.48 bits per heavy atom. The minimum atomic E-state index is -4.16. The number of nitrogens with two attached hydrogens (primary N) is 1. The topological polar surface area (TPSA) is 169 Å². The van der Waals surface area contributed by atoms with Gasteiger partial charge in [0, 0.05) is 11.6 Å². The predicted molar refractivity (Wildman–Crippen MR) is 110 cm³/mol. The molecule has 0 fully saturated rings. The number of aromatic nitrogens is 1. The predicted octanol–water partition coefficient (Wildman–Crippen LogP) is 2.49. The van der Waals surface area contributed by atoms with Crippen LogP contribution in [0.25, 0.3) is 0 Å². The van der Waals surface area contributed by atoms with Gasteiger partial charge in [-0.2, -0.15) is 0 Å². The SMILES string of the molecule is Cc1cc(O)c(C(=O)O)cc1S(=O)(=O)Nc1ccc(Oc2cccc(C(N)=O)c2)nc1. The van der Waals surface area contributed by atoms with Crippen LogP contribution in [-0.2, 0) is 10.0 Å². The maximum absolute atomic E-state index is 12.7. The first-order valence-electron chi connectivity index (χ1n) is 8.70. The summed E-state index contributed by atoms with van der Waals surface area (Å²) in [5, 5.41) is 18.8. The third-order valence-corrected chi connectivity index (χ3v) is 5.67. The molecule has 10 nitrogen and oxygen atoms in total. The van der Waals surface area contributed by atoms with E-state index in [-0.39, 0.29) is 27.6 Å². The molecule has 0 radical (unpaired) electrons. The molecule has 0 aliphatic carbocycles. The Morgan fingerprint density at radius 1 is 1.13 bits per heavy atom. The Labute approximate surface area is 177 Å². The van der Waals surface area contributed by atoms with Gasteiger partial charge in [-0.1, -0.05) is 6.07 Å². The van der Waals surface area contributed by atoms with E-state index in [1.807, 2.05) is 0 Å². The molecule has 0 bridgehead atoms. The number of phenols is 1. The van der Waals surface area contributed by atoms with E-state index in [1.165, 1.54) is 37.4 Å². The summed E-state index contributed by atoms with van der Waals surface area (Å²) in [6.45, 7) is 1.43. The molecule has 2 aromatic carbocycles. The van der Waals surface area contributed by atoms with Crippen molar-refractivity contribution >= 4 is 27.6 Å². The quantitative estimate of drug-likeness (QED) is 0.432. The van der Waals surface area contributed by atoms with E-state index in [9.17, 15) is 23.1 Å². The molecule has 5 N–H and O–H groups in total. The van der Waals surface area contributed by atoms with Gasteiger partial charge in [-0.15, -0.1) is 0 Å². The van der Waals surface area contributed by atoms with Crippen molar-refractivity contribution in [2.24, 2.45) is 5.73 Å². The first-order valence-corrected chi connectivity index (χ1v) is 10.2. The van der Waals surface area contributed by atoms with E-state index < -0.39 is 33.2 Å². The van der Waals surface area contributed by atoms with Gasteiger partial charge >= 0.3 is 5.97 Å². The lowest BCUT2D eigenvalue weighted by Gasteiger charge is -2.12. The highest BCUT2D eigenvalue weighted by atomic mass is 32.2. The van der Waals surface area contributed by atoms with Gasteiger partial charge in [0.1, 0.15) is 17.1 Å². The molecular weight excluding hydrogens is 426 g/mol. The number of benzene rings is 2. The number of hydrogen-bond donors (Lipinski definition) is 4. The third kappa shape index (κ3) is 4.90. The standard InChI is InChI=1S/C20H17N3O7S/c1-11-7-16(24)15(20(26)27)9-17(11)31(28,29)23-13-5-6-18(22-10-13)30-14-4-2-3-12(8-14)19(21)25/h2-10,23-24H,1H3,(H2,21,25)(H,26,27). The summed E-state index contributed by atoms with van der Waals surface area (Å²) >= 11 is 0. The maximum atomic E-state index is 12.7. The van der Waals surface area contributed by atoms with Gasteiger partial charge in [0.2, 0.25) is 11.8 Å². The number of pyridine rings is 1. The molecule has 0 saturated heterocycles. The fraction of sp³-hybridized carbons (Fsp3) is 0.0500. The molecular formula is C20H17N3O7S.